The summed E-state index contributed by atoms with van der Waals surface area (Å²) in [6.45, 7) is 0. The molecular formula is C20H14Cl2N2O3. The fraction of sp³-hybridized carbons (Fsp3) is 0.100. The Balaban J connectivity index is 1.99. The number of carboxylic acid groups (broad SMARTS) is 1. The maximum atomic E-state index is 12.3. The van der Waals surface area contributed by atoms with E-state index >= 15 is 0 Å². The van der Waals surface area contributed by atoms with Crippen LogP contribution < -0.4 is 5.32 Å². The van der Waals surface area contributed by atoms with Crippen molar-refractivity contribution in [2.45, 2.75) is 12.3 Å². The molecule has 7 heteroatoms. The van der Waals surface area contributed by atoms with Gasteiger partial charge in [0.2, 0.25) is 5.91 Å². The standard InChI is InChI=1S/C20H14Cl2N2O3/c21-12-4-1-3-11(7-12)15-9-17(25)23-18-16(20(26)27)10-24(19(15)18)14-6-2-5-13(22)8-14/h1-8,10,15H,9H2,(H,23,25)(H,26,27)/t15-/m1/s1. The van der Waals surface area contributed by atoms with E-state index in [-0.39, 0.29) is 23.8 Å². The lowest BCUT2D eigenvalue weighted by molar-refractivity contribution is -0.116. The third-order valence-corrected chi connectivity index (χ3v) is 5.07. The number of rotatable bonds is 3. The average molecular weight is 401 g/mol. The van der Waals surface area contributed by atoms with Crippen molar-refractivity contribution in [1.82, 2.24) is 4.57 Å². The van der Waals surface area contributed by atoms with Crippen LogP contribution in [0.15, 0.2) is 54.7 Å². The van der Waals surface area contributed by atoms with Gasteiger partial charge in [0, 0.05) is 34.3 Å². The maximum absolute atomic E-state index is 12.3. The summed E-state index contributed by atoms with van der Waals surface area (Å²) in [5.74, 6) is -1.68. The Labute approximate surface area is 165 Å². The Hall–Kier alpha value is -2.76. The smallest absolute Gasteiger partial charge is 0.339 e. The average Bonchev–Trinajstić information content (AvgIpc) is 3.00. The number of carboxylic acids is 1. The molecule has 0 unspecified atom stereocenters. The van der Waals surface area contributed by atoms with Crippen molar-refractivity contribution in [3.8, 4) is 5.69 Å². The van der Waals surface area contributed by atoms with Crippen molar-refractivity contribution >= 4 is 40.8 Å². The first-order chi connectivity index (χ1) is 12.9. The van der Waals surface area contributed by atoms with Crippen LogP contribution in [0.3, 0.4) is 0 Å². The lowest BCUT2D eigenvalue weighted by Gasteiger charge is -2.26. The van der Waals surface area contributed by atoms with Crippen LogP contribution in [-0.2, 0) is 4.79 Å². The molecule has 1 aliphatic heterocycles. The second-order valence-corrected chi connectivity index (χ2v) is 7.19. The zero-order chi connectivity index (χ0) is 19.1. The first kappa shape index (κ1) is 17.6. The molecule has 0 saturated heterocycles. The number of carbonyl (C=O) groups excluding carboxylic acids is 1. The molecule has 0 spiro atoms. The fourth-order valence-electron chi connectivity index (χ4n) is 3.47. The molecule has 0 radical (unpaired) electrons. The van der Waals surface area contributed by atoms with Crippen LogP contribution in [-0.4, -0.2) is 21.6 Å². The van der Waals surface area contributed by atoms with Crippen molar-refractivity contribution in [3.05, 3.63) is 81.6 Å². The summed E-state index contributed by atoms with van der Waals surface area (Å²) in [6.07, 6.45) is 1.71. The zero-order valence-corrected chi connectivity index (χ0v) is 15.5. The monoisotopic (exact) mass is 400 g/mol. The summed E-state index contributed by atoms with van der Waals surface area (Å²) in [4.78, 5) is 24.1. The van der Waals surface area contributed by atoms with E-state index in [1.807, 2.05) is 18.2 Å². The second-order valence-electron chi connectivity index (χ2n) is 6.32. The molecule has 5 nitrogen and oxygen atoms in total. The minimum absolute atomic E-state index is 0.0325. The minimum Gasteiger partial charge on any atom is -0.478 e. The number of benzene rings is 2. The fourth-order valence-corrected chi connectivity index (χ4v) is 3.85. The van der Waals surface area contributed by atoms with Gasteiger partial charge in [0.05, 0.1) is 11.4 Å². The highest BCUT2D eigenvalue weighted by molar-refractivity contribution is 6.31. The molecule has 2 heterocycles. The van der Waals surface area contributed by atoms with E-state index in [2.05, 4.69) is 5.32 Å². The Kier molecular flexibility index (Phi) is 4.42. The third kappa shape index (κ3) is 3.20. The number of hydrogen-bond acceptors (Lipinski definition) is 2. The molecule has 2 aromatic carbocycles. The first-order valence-electron chi connectivity index (χ1n) is 8.24. The lowest BCUT2D eigenvalue weighted by Crippen LogP contribution is -2.25. The van der Waals surface area contributed by atoms with Gasteiger partial charge >= 0.3 is 5.97 Å². The van der Waals surface area contributed by atoms with Gasteiger partial charge < -0.3 is 15.0 Å². The normalized spacial score (nSPS) is 15.9. The highest BCUT2D eigenvalue weighted by Gasteiger charge is 2.34. The van der Waals surface area contributed by atoms with Gasteiger partial charge in [-0.25, -0.2) is 4.79 Å². The third-order valence-electron chi connectivity index (χ3n) is 4.60. The number of fused-ring (bicyclic) bond motifs is 1. The highest BCUT2D eigenvalue weighted by Crippen LogP contribution is 2.42. The number of aromatic nitrogens is 1. The molecule has 4 rings (SSSR count). The second kappa shape index (κ2) is 6.76. The van der Waals surface area contributed by atoms with E-state index in [9.17, 15) is 14.7 Å². The number of amides is 1. The van der Waals surface area contributed by atoms with Crippen LogP contribution in [0.5, 0.6) is 0 Å². The van der Waals surface area contributed by atoms with Crippen LogP contribution in [0.1, 0.15) is 34.0 Å². The summed E-state index contributed by atoms with van der Waals surface area (Å²) >= 11 is 12.3. The molecule has 136 valence electrons. The molecule has 1 aromatic heterocycles. The van der Waals surface area contributed by atoms with Crippen molar-refractivity contribution in [2.75, 3.05) is 5.32 Å². The maximum Gasteiger partial charge on any atom is 0.339 e. The van der Waals surface area contributed by atoms with Crippen molar-refractivity contribution in [3.63, 3.8) is 0 Å². The summed E-state index contributed by atoms with van der Waals surface area (Å²) in [6, 6.07) is 14.4. The molecule has 0 aliphatic carbocycles. The highest BCUT2D eigenvalue weighted by atomic mass is 35.5. The van der Waals surface area contributed by atoms with Gasteiger partial charge in [-0.2, -0.15) is 0 Å². The van der Waals surface area contributed by atoms with Crippen LogP contribution in [0.25, 0.3) is 5.69 Å². The number of nitrogens with zero attached hydrogens (tertiary/aromatic N) is 1. The number of aromatic carboxylic acids is 1. The van der Waals surface area contributed by atoms with Gasteiger partial charge in [0.25, 0.3) is 0 Å². The van der Waals surface area contributed by atoms with E-state index in [4.69, 9.17) is 23.2 Å². The number of halogens is 2. The quantitative estimate of drug-likeness (QED) is 0.652. The molecule has 0 saturated carbocycles. The number of anilines is 1. The molecule has 1 amide bonds. The molecular weight excluding hydrogens is 387 g/mol. The number of nitrogens with one attached hydrogen (secondary N) is 1. The van der Waals surface area contributed by atoms with E-state index in [0.29, 0.717) is 21.4 Å². The van der Waals surface area contributed by atoms with Gasteiger partial charge in [0.1, 0.15) is 5.56 Å². The summed E-state index contributed by atoms with van der Waals surface area (Å²) in [5, 5.41) is 13.4. The topological polar surface area (TPSA) is 71.3 Å². The van der Waals surface area contributed by atoms with Crippen LogP contribution in [0.2, 0.25) is 10.0 Å². The molecule has 1 atom stereocenters. The van der Waals surface area contributed by atoms with Crippen molar-refractivity contribution in [1.29, 1.82) is 0 Å². The lowest BCUT2D eigenvalue weighted by atomic mass is 9.88. The number of carbonyl (C=O) groups is 2. The zero-order valence-electron chi connectivity index (χ0n) is 13.9. The summed E-state index contributed by atoms with van der Waals surface area (Å²) in [5.41, 5.74) is 2.59. The van der Waals surface area contributed by atoms with Crippen LogP contribution >= 0.6 is 23.2 Å². The van der Waals surface area contributed by atoms with E-state index in [1.54, 1.807) is 34.9 Å². The van der Waals surface area contributed by atoms with Gasteiger partial charge in [0.15, 0.2) is 0 Å². The van der Waals surface area contributed by atoms with Gasteiger partial charge in [-0.15, -0.1) is 0 Å². The molecule has 0 bridgehead atoms. The molecule has 2 N–H and O–H groups in total. The SMILES string of the molecule is O=C1C[C@H](c2cccc(Cl)c2)c2c(c(C(=O)O)cn2-c2cccc(Cl)c2)N1. The molecule has 1 aliphatic rings. The largest absolute Gasteiger partial charge is 0.478 e. The van der Waals surface area contributed by atoms with E-state index in [1.165, 1.54) is 6.20 Å². The number of hydrogen-bond donors (Lipinski definition) is 2. The Bertz CT molecular complexity index is 1070. The van der Waals surface area contributed by atoms with Crippen LogP contribution in [0.4, 0.5) is 5.69 Å². The Morgan fingerprint density at radius 2 is 1.81 bits per heavy atom. The Morgan fingerprint density at radius 1 is 1.11 bits per heavy atom. The summed E-state index contributed by atoms with van der Waals surface area (Å²) < 4.78 is 1.77. The van der Waals surface area contributed by atoms with Gasteiger partial charge in [-0.05, 0) is 35.9 Å². The summed E-state index contributed by atoms with van der Waals surface area (Å²) in [7, 11) is 0. The molecule has 27 heavy (non-hydrogen) atoms. The van der Waals surface area contributed by atoms with Gasteiger partial charge in [-0.3, -0.25) is 4.79 Å². The predicted molar refractivity (Wildman–Crippen MR) is 104 cm³/mol. The van der Waals surface area contributed by atoms with Crippen molar-refractivity contribution < 1.29 is 14.7 Å². The predicted octanol–water partition coefficient (Wildman–Crippen LogP) is 4.96. The Morgan fingerprint density at radius 3 is 2.48 bits per heavy atom. The molecule has 0 fully saturated rings. The molecule has 3 aromatic rings. The van der Waals surface area contributed by atoms with E-state index in [0.717, 1.165) is 11.3 Å². The van der Waals surface area contributed by atoms with Crippen LogP contribution in [0, 0.1) is 0 Å². The minimum atomic E-state index is -1.11. The van der Waals surface area contributed by atoms with E-state index < -0.39 is 5.97 Å². The van der Waals surface area contributed by atoms with Gasteiger partial charge in [-0.1, -0.05) is 41.4 Å². The van der Waals surface area contributed by atoms with Crippen molar-refractivity contribution in [2.24, 2.45) is 0 Å². The first-order valence-corrected chi connectivity index (χ1v) is 8.99.